The van der Waals surface area contributed by atoms with E-state index in [9.17, 15) is 14.4 Å². The lowest BCUT2D eigenvalue weighted by Crippen LogP contribution is -2.33. The molecule has 0 saturated heterocycles. The molecule has 0 fully saturated rings. The van der Waals surface area contributed by atoms with Crippen LogP contribution < -0.4 is 5.73 Å². The fourth-order valence-electron chi connectivity index (χ4n) is 1.35. The fourth-order valence-corrected chi connectivity index (χ4v) is 1.35. The SMILES string of the molecule is CC(=O)O/N=C(\C)N(CCCC[C@H](N)C(=O)O)OC(C)=O. The van der Waals surface area contributed by atoms with Gasteiger partial charge in [-0.25, -0.2) is 4.79 Å². The molecular formula is C12H21N3O6. The number of amidine groups is 1. The Bertz CT molecular complexity index is 410. The average molecular weight is 303 g/mol. The molecule has 9 heteroatoms. The largest absolute Gasteiger partial charge is 0.480 e. The van der Waals surface area contributed by atoms with Crippen LogP contribution in [0.3, 0.4) is 0 Å². The zero-order valence-electron chi connectivity index (χ0n) is 12.4. The van der Waals surface area contributed by atoms with Gasteiger partial charge in [-0.3, -0.25) is 9.59 Å². The van der Waals surface area contributed by atoms with Crippen LogP contribution in [0.5, 0.6) is 0 Å². The summed E-state index contributed by atoms with van der Waals surface area (Å²) in [7, 11) is 0. The Morgan fingerprint density at radius 2 is 1.81 bits per heavy atom. The minimum atomic E-state index is -1.06. The van der Waals surface area contributed by atoms with Crippen molar-refractivity contribution in [2.45, 2.75) is 46.1 Å². The summed E-state index contributed by atoms with van der Waals surface area (Å²) in [4.78, 5) is 41.6. The Labute approximate surface area is 122 Å². The van der Waals surface area contributed by atoms with E-state index >= 15 is 0 Å². The van der Waals surface area contributed by atoms with Gasteiger partial charge in [0.15, 0.2) is 5.84 Å². The first kappa shape index (κ1) is 18.8. The number of carbonyl (C=O) groups excluding carboxylic acids is 2. The quantitative estimate of drug-likeness (QED) is 0.225. The summed E-state index contributed by atoms with van der Waals surface area (Å²) in [6.45, 7) is 4.21. The van der Waals surface area contributed by atoms with Crippen LogP contribution in [0.1, 0.15) is 40.0 Å². The first-order valence-corrected chi connectivity index (χ1v) is 6.40. The van der Waals surface area contributed by atoms with Gasteiger partial charge in [0.2, 0.25) is 0 Å². The predicted octanol–water partition coefficient (Wildman–Crippen LogP) is 0.245. The van der Waals surface area contributed by atoms with Crippen LogP contribution in [0.25, 0.3) is 0 Å². The second kappa shape index (κ2) is 9.70. The summed E-state index contributed by atoms with van der Waals surface area (Å²) in [5.74, 6) is -2.00. The van der Waals surface area contributed by atoms with Crippen molar-refractivity contribution in [1.82, 2.24) is 5.06 Å². The summed E-state index contributed by atoms with van der Waals surface area (Å²) < 4.78 is 0. The van der Waals surface area contributed by atoms with E-state index in [0.29, 0.717) is 19.3 Å². The number of oxime groups is 1. The van der Waals surface area contributed by atoms with E-state index < -0.39 is 23.9 Å². The zero-order valence-corrected chi connectivity index (χ0v) is 12.4. The van der Waals surface area contributed by atoms with Gasteiger partial charge in [-0.15, -0.1) is 0 Å². The number of nitrogens with two attached hydrogens (primary N) is 1. The molecule has 0 bridgehead atoms. The number of rotatable bonds is 7. The van der Waals surface area contributed by atoms with Gasteiger partial charge in [0.1, 0.15) is 6.04 Å². The highest BCUT2D eigenvalue weighted by Gasteiger charge is 2.14. The van der Waals surface area contributed by atoms with Crippen molar-refractivity contribution in [2.24, 2.45) is 10.9 Å². The first-order valence-electron chi connectivity index (χ1n) is 6.40. The molecule has 120 valence electrons. The summed E-state index contributed by atoms with van der Waals surface area (Å²) in [6, 6.07) is -0.914. The van der Waals surface area contributed by atoms with Crippen LogP contribution in [-0.4, -0.2) is 46.5 Å². The lowest BCUT2D eigenvalue weighted by atomic mass is 10.1. The van der Waals surface area contributed by atoms with E-state index in [2.05, 4.69) is 9.99 Å². The van der Waals surface area contributed by atoms with E-state index in [1.54, 1.807) is 0 Å². The molecule has 0 aromatic heterocycles. The molecule has 0 saturated carbocycles. The molecular weight excluding hydrogens is 282 g/mol. The van der Waals surface area contributed by atoms with Crippen molar-refractivity contribution >= 4 is 23.7 Å². The number of aliphatic carboxylic acids is 1. The molecule has 0 aliphatic carbocycles. The highest BCUT2D eigenvalue weighted by Crippen LogP contribution is 2.04. The van der Waals surface area contributed by atoms with Gasteiger partial charge in [-0.1, -0.05) is 5.16 Å². The van der Waals surface area contributed by atoms with Crippen molar-refractivity contribution in [3.63, 3.8) is 0 Å². The maximum atomic E-state index is 11.0. The summed E-state index contributed by atoms with van der Waals surface area (Å²) >= 11 is 0. The van der Waals surface area contributed by atoms with Gasteiger partial charge in [-0.05, 0) is 19.3 Å². The van der Waals surface area contributed by atoms with Gasteiger partial charge in [0.25, 0.3) is 0 Å². The lowest BCUT2D eigenvalue weighted by molar-refractivity contribution is -0.170. The Balaban J connectivity index is 4.36. The maximum absolute atomic E-state index is 11.0. The molecule has 0 heterocycles. The molecule has 9 nitrogen and oxygen atoms in total. The number of carboxylic acid groups (broad SMARTS) is 1. The molecule has 21 heavy (non-hydrogen) atoms. The van der Waals surface area contributed by atoms with Crippen molar-refractivity contribution in [3.8, 4) is 0 Å². The van der Waals surface area contributed by atoms with E-state index in [4.69, 9.17) is 15.7 Å². The average Bonchev–Trinajstić information content (AvgIpc) is 2.38. The topological polar surface area (TPSA) is 132 Å². The van der Waals surface area contributed by atoms with Crippen LogP contribution >= 0.6 is 0 Å². The second-order valence-corrected chi connectivity index (χ2v) is 4.35. The van der Waals surface area contributed by atoms with Crippen LogP contribution in [0.2, 0.25) is 0 Å². The molecule has 0 aliphatic rings. The highest BCUT2D eigenvalue weighted by molar-refractivity contribution is 5.80. The Kier molecular flexibility index (Phi) is 8.70. The summed E-state index contributed by atoms with van der Waals surface area (Å²) in [6.07, 6.45) is 1.37. The second-order valence-electron chi connectivity index (χ2n) is 4.35. The number of hydrogen-bond acceptors (Lipinski definition) is 7. The molecule has 0 aromatic carbocycles. The van der Waals surface area contributed by atoms with E-state index in [1.165, 1.54) is 25.8 Å². The number of unbranched alkanes of at least 4 members (excludes halogenated alkanes) is 1. The van der Waals surface area contributed by atoms with Crippen LogP contribution in [0.15, 0.2) is 5.16 Å². The molecule has 0 aromatic rings. The van der Waals surface area contributed by atoms with E-state index in [1.807, 2.05) is 0 Å². The molecule has 0 unspecified atom stereocenters. The molecule has 0 radical (unpaired) electrons. The number of hydrogen-bond donors (Lipinski definition) is 2. The van der Waals surface area contributed by atoms with Crippen molar-refractivity contribution in [3.05, 3.63) is 0 Å². The molecule has 0 spiro atoms. The molecule has 0 aliphatic heterocycles. The Morgan fingerprint density at radius 1 is 1.19 bits per heavy atom. The van der Waals surface area contributed by atoms with Crippen molar-refractivity contribution < 1.29 is 29.2 Å². The Hall–Kier alpha value is -2.16. The van der Waals surface area contributed by atoms with E-state index in [0.717, 1.165) is 0 Å². The normalized spacial score (nSPS) is 12.5. The van der Waals surface area contributed by atoms with Gasteiger partial charge < -0.3 is 20.5 Å². The number of hydroxylamine groups is 2. The number of carbonyl (C=O) groups is 3. The van der Waals surface area contributed by atoms with Crippen molar-refractivity contribution in [2.75, 3.05) is 6.54 Å². The van der Waals surface area contributed by atoms with Gasteiger partial charge in [0.05, 0.1) is 6.54 Å². The van der Waals surface area contributed by atoms with Crippen LogP contribution in [0, 0.1) is 0 Å². The van der Waals surface area contributed by atoms with Gasteiger partial charge >= 0.3 is 17.9 Å². The minimum absolute atomic E-state index is 0.197. The number of carboxylic acids is 1. The van der Waals surface area contributed by atoms with Crippen LogP contribution in [-0.2, 0) is 24.1 Å². The molecule has 0 rings (SSSR count). The smallest absolute Gasteiger partial charge is 0.332 e. The van der Waals surface area contributed by atoms with Gasteiger partial charge in [0, 0.05) is 20.8 Å². The third-order valence-electron chi connectivity index (χ3n) is 2.35. The van der Waals surface area contributed by atoms with Crippen LogP contribution in [0.4, 0.5) is 0 Å². The standard InChI is InChI=1S/C12H21N3O6/c1-8(14-20-9(2)16)15(21-10(3)17)7-5-4-6-11(13)12(18)19/h11H,4-7,13H2,1-3H3,(H,18,19)/b14-8+/t11-/m0/s1. The summed E-state index contributed by atoms with van der Waals surface area (Å²) in [5.41, 5.74) is 5.38. The first-order chi connectivity index (χ1) is 9.73. The van der Waals surface area contributed by atoms with Crippen molar-refractivity contribution in [1.29, 1.82) is 0 Å². The minimum Gasteiger partial charge on any atom is -0.480 e. The predicted molar refractivity (Wildman–Crippen MR) is 72.8 cm³/mol. The third-order valence-corrected chi connectivity index (χ3v) is 2.35. The highest BCUT2D eigenvalue weighted by atomic mass is 16.7. The monoisotopic (exact) mass is 303 g/mol. The molecule has 0 amide bonds. The molecule has 3 N–H and O–H groups in total. The van der Waals surface area contributed by atoms with Gasteiger partial charge in [-0.2, -0.15) is 5.06 Å². The zero-order chi connectivity index (χ0) is 16.4. The fraction of sp³-hybridized carbons (Fsp3) is 0.667. The van der Waals surface area contributed by atoms with E-state index in [-0.39, 0.29) is 12.4 Å². The third kappa shape index (κ3) is 9.38. The number of nitrogens with zero attached hydrogens (tertiary/aromatic N) is 2. The lowest BCUT2D eigenvalue weighted by Gasteiger charge is -2.21. The maximum Gasteiger partial charge on any atom is 0.332 e. The summed E-state index contributed by atoms with van der Waals surface area (Å²) in [5, 5.41) is 13.3. The molecule has 1 atom stereocenters. The Morgan fingerprint density at radius 3 is 2.29 bits per heavy atom.